The van der Waals surface area contributed by atoms with Crippen LogP contribution in [0.3, 0.4) is 0 Å². The Morgan fingerprint density at radius 3 is 2.38 bits per heavy atom. The van der Waals surface area contributed by atoms with Crippen molar-refractivity contribution >= 4 is 17.7 Å². The number of piperidine rings is 1. The molecule has 1 aliphatic rings. The van der Waals surface area contributed by atoms with Crippen LogP contribution in [0.25, 0.3) is 0 Å². The van der Waals surface area contributed by atoms with E-state index in [0.29, 0.717) is 24.7 Å². The smallest absolute Gasteiger partial charge is 0.325 e. The van der Waals surface area contributed by atoms with Crippen LogP contribution in [-0.2, 0) is 4.79 Å². The summed E-state index contributed by atoms with van der Waals surface area (Å²) in [6.45, 7) is 3.28. The molecule has 0 atom stereocenters. The molecule has 0 spiro atoms. The molecular weight excluding hydrogens is 268 g/mol. The highest BCUT2D eigenvalue weighted by Gasteiger charge is 2.27. The molecule has 2 amide bonds. The predicted molar refractivity (Wildman–Crippen MR) is 81.4 cm³/mol. The van der Waals surface area contributed by atoms with Gasteiger partial charge >= 0.3 is 12.0 Å². The molecule has 21 heavy (non-hydrogen) atoms. The summed E-state index contributed by atoms with van der Waals surface area (Å²) in [7, 11) is 0. The van der Waals surface area contributed by atoms with Crippen molar-refractivity contribution in [2.45, 2.75) is 26.2 Å². The third-order valence-corrected chi connectivity index (χ3v) is 4.05. The van der Waals surface area contributed by atoms with E-state index in [4.69, 9.17) is 5.11 Å². The number of aliphatic carboxylic acids is 1. The van der Waals surface area contributed by atoms with Gasteiger partial charge in [0, 0.05) is 18.8 Å². The maximum atomic E-state index is 12.6. The molecule has 1 saturated heterocycles. The molecular formula is C16H22N2O3. The molecule has 1 N–H and O–H groups in total. The van der Waals surface area contributed by atoms with Crippen LogP contribution in [0.15, 0.2) is 30.3 Å². The number of urea groups is 1. The first-order valence-electron chi connectivity index (χ1n) is 7.45. The van der Waals surface area contributed by atoms with Crippen molar-refractivity contribution in [3.05, 3.63) is 30.3 Å². The van der Waals surface area contributed by atoms with Crippen molar-refractivity contribution < 1.29 is 14.7 Å². The normalized spacial score (nSPS) is 15.8. The summed E-state index contributed by atoms with van der Waals surface area (Å²) in [6, 6.07) is 8.78. The number of carboxylic acid groups (broad SMARTS) is 1. The van der Waals surface area contributed by atoms with Gasteiger partial charge in [0.15, 0.2) is 0 Å². The van der Waals surface area contributed by atoms with Crippen LogP contribution < -0.4 is 4.90 Å². The molecule has 114 valence electrons. The Hall–Kier alpha value is -2.04. The van der Waals surface area contributed by atoms with Crippen molar-refractivity contribution in [2.24, 2.45) is 5.92 Å². The van der Waals surface area contributed by atoms with E-state index in [9.17, 15) is 9.59 Å². The standard InChI is InChI=1S/C16H22N2O3/c1-2-13-8-10-17(11-9-13)16(21)18(12-15(19)20)14-6-4-3-5-7-14/h3-7,13H,2,8-12H2,1H3,(H,19,20). The van der Waals surface area contributed by atoms with E-state index in [2.05, 4.69) is 6.92 Å². The second-order valence-corrected chi connectivity index (χ2v) is 5.44. The summed E-state index contributed by atoms with van der Waals surface area (Å²) in [5.41, 5.74) is 0.627. The molecule has 1 heterocycles. The number of anilines is 1. The lowest BCUT2D eigenvalue weighted by Gasteiger charge is -2.35. The van der Waals surface area contributed by atoms with Crippen molar-refractivity contribution in [1.82, 2.24) is 4.90 Å². The summed E-state index contributed by atoms with van der Waals surface area (Å²) >= 11 is 0. The molecule has 5 nitrogen and oxygen atoms in total. The fourth-order valence-electron chi connectivity index (χ4n) is 2.72. The van der Waals surface area contributed by atoms with E-state index in [1.54, 1.807) is 29.2 Å². The minimum atomic E-state index is -1.00. The molecule has 0 unspecified atom stereocenters. The zero-order chi connectivity index (χ0) is 15.2. The topological polar surface area (TPSA) is 60.9 Å². The number of likely N-dealkylation sites (tertiary alicyclic amines) is 1. The summed E-state index contributed by atoms with van der Waals surface area (Å²) in [5, 5.41) is 9.06. The second-order valence-electron chi connectivity index (χ2n) is 5.44. The number of rotatable bonds is 4. The molecule has 1 aromatic rings. The molecule has 1 aromatic carbocycles. The second kappa shape index (κ2) is 7.11. The summed E-state index contributed by atoms with van der Waals surface area (Å²) in [6.07, 6.45) is 3.13. The van der Waals surface area contributed by atoms with Gasteiger partial charge in [-0.05, 0) is 30.9 Å². The van der Waals surface area contributed by atoms with Crippen molar-refractivity contribution in [3.63, 3.8) is 0 Å². The first-order chi connectivity index (χ1) is 10.1. The maximum absolute atomic E-state index is 12.6. The van der Waals surface area contributed by atoms with Gasteiger partial charge < -0.3 is 10.0 Å². The molecule has 0 aliphatic carbocycles. The number of hydrogen-bond donors (Lipinski definition) is 1. The monoisotopic (exact) mass is 290 g/mol. The third-order valence-electron chi connectivity index (χ3n) is 4.05. The van der Waals surface area contributed by atoms with Crippen LogP contribution in [0.2, 0.25) is 0 Å². The van der Waals surface area contributed by atoms with Crippen LogP contribution in [0.5, 0.6) is 0 Å². The van der Waals surface area contributed by atoms with Crippen molar-refractivity contribution in [3.8, 4) is 0 Å². The highest BCUT2D eigenvalue weighted by Crippen LogP contribution is 2.22. The zero-order valence-corrected chi connectivity index (χ0v) is 12.4. The minimum Gasteiger partial charge on any atom is -0.480 e. The predicted octanol–water partition coefficient (Wildman–Crippen LogP) is 2.82. The van der Waals surface area contributed by atoms with Gasteiger partial charge in [-0.1, -0.05) is 31.5 Å². The summed E-state index contributed by atoms with van der Waals surface area (Å²) in [5.74, 6) is -0.325. The Morgan fingerprint density at radius 1 is 1.24 bits per heavy atom. The Kier molecular flexibility index (Phi) is 5.20. The van der Waals surface area contributed by atoms with E-state index in [0.717, 1.165) is 19.3 Å². The minimum absolute atomic E-state index is 0.210. The Balaban J connectivity index is 2.10. The molecule has 0 bridgehead atoms. The van der Waals surface area contributed by atoms with Crippen LogP contribution in [-0.4, -0.2) is 41.6 Å². The molecule has 2 rings (SSSR count). The number of benzene rings is 1. The molecule has 0 aromatic heterocycles. The SMILES string of the molecule is CCC1CCN(C(=O)N(CC(=O)O)c2ccccc2)CC1. The van der Waals surface area contributed by atoms with Gasteiger partial charge in [0.25, 0.3) is 0 Å². The van der Waals surface area contributed by atoms with Crippen molar-refractivity contribution in [1.29, 1.82) is 0 Å². The number of amides is 2. The van der Waals surface area contributed by atoms with Gasteiger partial charge in [0.05, 0.1) is 0 Å². The van der Waals surface area contributed by atoms with Crippen LogP contribution in [0.4, 0.5) is 10.5 Å². The number of nitrogens with zero attached hydrogens (tertiary/aromatic N) is 2. The zero-order valence-electron chi connectivity index (χ0n) is 12.4. The first kappa shape index (κ1) is 15.4. The van der Waals surface area contributed by atoms with E-state index in [1.165, 1.54) is 4.90 Å². The van der Waals surface area contributed by atoms with Crippen LogP contribution >= 0.6 is 0 Å². The molecule has 0 radical (unpaired) electrons. The number of hydrogen-bond acceptors (Lipinski definition) is 2. The summed E-state index contributed by atoms with van der Waals surface area (Å²) in [4.78, 5) is 26.8. The average molecular weight is 290 g/mol. The Morgan fingerprint density at radius 2 is 1.86 bits per heavy atom. The lowest BCUT2D eigenvalue weighted by Crippen LogP contribution is -2.48. The Bertz CT molecular complexity index is 482. The van der Waals surface area contributed by atoms with Gasteiger partial charge in [0.2, 0.25) is 0 Å². The largest absolute Gasteiger partial charge is 0.480 e. The van der Waals surface area contributed by atoms with Gasteiger partial charge in [0.1, 0.15) is 6.54 Å². The van der Waals surface area contributed by atoms with Gasteiger partial charge in [-0.2, -0.15) is 0 Å². The lowest BCUT2D eigenvalue weighted by atomic mass is 9.95. The molecule has 1 aliphatic heterocycles. The molecule has 0 saturated carbocycles. The van der Waals surface area contributed by atoms with Gasteiger partial charge in [-0.3, -0.25) is 9.69 Å². The highest BCUT2D eigenvalue weighted by molar-refractivity contribution is 5.96. The van der Waals surface area contributed by atoms with E-state index >= 15 is 0 Å². The average Bonchev–Trinajstić information content (AvgIpc) is 2.53. The maximum Gasteiger partial charge on any atom is 0.325 e. The highest BCUT2D eigenvalue weighted by atomic mass is 16.4. The van der Waals surface area contributed by atoms with Gasteiger partial charge in [-0.25, -0.2) is 4.79 Å². The quantitative estimate of drug-likeness (QED) is 0.927. The fourth-order valence-corrected chi connectivity index (χ4v) is 2.72. The molecule has 5 heteroatoms. The lowest BCUT2D eigenvalue weighted by molar-refractivity contribution is -0.135. The van der Waals surface area contributed by atoms with Crippen LogP contribution in [0.1, 0.15) is 26.2 Å². The number of carboxylic acids is 1. The van der Waals surface area contributed by atoms with Gasteiger partial charge in [-0.15, -0.1) is 0 Å². The molecule has 1 fully saturated rings. The van der Waals surface area contributed by atoms with Crippen LogP contribution in [0, 0.1) is 5.92 Å². The van der Waals surface area contributed by atoms with Crippen molar-refractivity contribution in [2.75, 3.05) is 24.5 Å². The van der Waals surface area contributed by atoms with E-state index in [1.807, 2.05) is 6.07 Å². The first-order valence-corrected chi connectivity index (χ1v) is 7.45. The fraction of sp³-hybridized carbons (Fsp3) is 0.500. The van der Waals surface area contributed by atoms with E-state index < -0.39 is 5.97 Å². The van der Waals surface area contributed by atoms with E-state index in [-0.39, 0.29) is 12.6 Å². The number of para-hydroxylation sites is 1. The Labute approximate surface area is 125 Å². The third kappa shape index (κ3) is 3.97. The number of carbonyl (C=O) groups excluding carboxylic acids is 1. The summed E-state index contributed by atoms with van der Waals surface area (Å²) < 4.78 is 0. The number of carbonyl (C=O) groups is 2.